The van der Waals surface area contributed by atoms with E-state index >= 15 is 0 Å². The quantitative estimate of drug-likeness (QED) is 0.773. The number of ether oxygens (including phenoxy) is 2. The summed E-state index contributed by atoms with van der Waals surface area (Å²) in [5.41, 5.74) is -0.601. The minimum atomic E-state index is -1.09. The maximum Gasteiger partial charge on any atom is 0.410 e. The van der Waals surface area contributed by atoms with Crippen LogP contribution in [0.2, 0.25) is 0 Å². The molecule has 1 fully saturated rings. The zero-order valence-corrected chi connectivity index (χ0v) is 14.0. The number of piperidine rings is 1. The second-order valence-corrected chi connectivity index (χ2v) is 6.70. The molecule has 1 aliphatic heterocycles. The highest BCUT2D eigenvalue weighted by molar-refractivity contribution is 5.89. The highest BCUT2D eigenvalue weighted by Gasteiger charge is 2.28. The van der Waals surface area contributed by atoms with Crippen molar-refractivity contribution in [2.24, 2.45) is 0 Å². The second-order valence-electron chi connectivity index (χ2n) is 6.70. The predicted octanol–water partition coefficient (Wildman–Crippen LogP) is 3.52. The minimum absolute atomic E-state index is 0.0385. The number of carbonyl (C=O) groups excluding carboxylic acids is 2. The fraction of sp³-hybridized carbons (Fsp3) is 0.529. The largest absolute Gasteiger partial charge is 0.459 e. The van der Waals surface area contributed by atoms with Crippen molar-refractivity contribution in [1.29, 1.82) is 0 Å². The van der Waals surface area contributed by atoms with Gasteiger partial charge in [0, 0.05) is 25.9 Å². The van der Waals surface area contributed by atoms with Gasteiger partial charge in [0.25, 0.3) is 0 Å². The molecule has 1 saturated heterocycles. The third kappa shape index (κ3) is 4.91. The topological polar surface area (TPSA) is 55.8 Å². The van der Waals surface area contributed by atoms with E-state index < -0.39 is 29.3 Å². The summed E-state index contributed by atoms with van der Waals surface area (Å²) in [6, 6.07) is 2.88. The standard InChI is InChI=1S/C17H21F2NO4/c1-17(2,3)24-16(22)20-8-6-12(7-9-20)23-15(21)11-4-5-13(18)14(19)10-11/h4-5,10,12H,6-9H2,1-3H3. The summed E-state index contributed by atoms with van der Waals surface area (Å²) in [6.07, 6.45) is 0.167. The van der Waals surface area contributed by atoms with E-state index in [0.717, 1.165) is 12.1 Å². The monoisotopic (exact) mass is 341 g/mol. The van der Waals surface area contributed by atoms with E-state index in [0.29, 0.717) is 25.9 Å². The van der Waals surface area contributed by atoms with Crippen LogP contribution < -0.4 is 0 Å². The van der Waals surface area contributed by atoms with Crippen molar-refractivity contribution in [2.75, 3.05) is 13.1 Å². The van der Waals surface area contributed by atoms with Gasteiger partial charge in [-0.1, -0.05) is 0 Å². The Hall–Kier alpha value is -2.18. The first kappa shape index (κ1) is 18.2. The Morgan fingerprint density at radius 1 is 1.12 bits per heavy atom. The molecule has 5 nitrogen and oxygen atoms in total. The number of nitrogens with zero attached hydrogens (tertiary/aromatic N) is 1. The smallest absolute Gasteiger partial charge is 0.410 e. The Balaban J connectivity index is 1.85. The molecule has 0 unspecified atom stereocenters. The number of likely N-dealkylation sites (tertiary alicyclic amines) is 1. The fourth-order valence-corrected chi connectivity index (χ4v) is 2.33. The number of esters is 1. The molecule has 7 heteroatoms. The molecule has 0 atom stereocenters. The number of carbonyl (C=O) groups is 2. The molecule has 24 heavy (non-hydrogen) atoms. The third-order valence-electron chi connectivity index (χ3n) is 3.52. The zero-order valence-electron chi connectivity index (χ0n) is 14.0. The second kappa shape index (κ2) is 7.15. The van der Waals surface area contributed by atoms with Crippen LogP contribution in [0, 0.1) is 11.6 Å². The lowest BCUT2D eigenvalue weighted by molar-refractivity contribution is -0.00343. The Labute approximate surface area is 139 Å². The summed E-state index contributed by atoms with van der Waals surface area (Å²) >= 11 is 0. The molecule has 0 spiro atoms. The molecule has 1 aromatic carbocycles. The number of hydrogen-bond donors (Lipinski definition) is 0. The third-order valence-corrected chi connectivity index (χ3v) is 3.52. The molecule has 0 bridgehead atoms. The summed E-state index contributed by atoms with van der Waals surface area (Å²) in [4.78, 5) is 25.5. The van der Waals surface area contributed by atoms with Crippen LogP contribution in [0.5, 0.6) is 0 Å². The zero-order chi connectivity index (χ0) is 17.9. The van der Waals surface area contributed by atoms with E-state index in [4.69, 9.17) is 9.47 Å². The van der Waals surface area contributed by atoms with E-state index in [1.807, 2.05) is 0 Å². The van der Waals surface area contributed by atoms with Crippen LogP contribution >= 0.6 is 0 Å². The van der Waals surface area contributed by atoms with Crippen LogP contribution in [0.3, 0.4) is 0 Å². The maximum atomic E-state index is 13.2. The number of halogens is 2. The van der Waals surface area contributed by atoms with Crippen molar-refractivity contribution >= 4 is 12.1 Å². The lowest BCUT2D eigenvalue weighted by atomic mass is 10.1. The molecule has 1 heterocycles. The van der Waals surface area contributed by atoms with E-state index in [1.54, 1.807) is 25.7 Å². The van der Waals surface area contributed by atoms with Crippen LogP contribution in [-0.2, 0) is 9.47 Å². The van der Waals surface area contributed by atoms with Gasteiger partial charge in [0.1, 0.15) is 11.7 Å². The van der Waals surface area contributed by atoms with Crippen LogP contribution in [-0.4, -0.2) is 41.8 Å². The number of rotatable bonds is 2. The van der Waals surface area contributed by atoms with Crippen molar-refractivity contribution in [3.8, 4) is 0 Å². The number of benzene rings is 1. The van der Waals surface area contributed by atoms with Crippen molar-refractivity contribution in [3.05, 3.63) is 35.4 Å². The van der Waals surface area contributed by atoms with E-state index in [9.17, 15) is 18.4 Å². The maximum absolute atomic E-state index is 13.2. The van der Waals surface area contributed by atoms with Gasteiger partial charge < -0.3 is 14.4 Å². The summed E-state index contributed by atoms with van der Waals surface area (Å²) in [5, 5.41) is 0. The first-order valence-electron chi connectivity index (χ1n) is 7.79. The van der Waals surface area contributed by atoms with Gasteiger partial charge in [-0.2, -0.15) is 0 Å². The molecule has 0 aromatic heterocycles. The predicted molar refractivity (Wildman–Crippen MR) is 82.6 cm³/mol. The Morgan fingerprint density at radius 3 is 2.29 bits per heavy atom. The fourth-order valence-electron chi connectivity index (χ4n) is 2.33. The lowest BCUT2D eigenvalue weighted by Gasteiger charge is -2.33. The Morgan fingerprint density at radius 2 is 1.75 bits per heavy atom. The highest BCUT2D eigenvalue weighted by atomic mass is 19.2. The molecule has 1 amide bonds. The van der Waals surface area contributed by atoms with Gasteiger partial charge in [0.05, 0.1) is 5.56 Å². The first-order chi connectivity index (χ1) is 11.2. The summed E-state index contributed by atoms with van der Waals surface area (Å²) in [5.74, 6) is -2.81. The van der Waals surface area contributed by atoms with Gasteiger partial charge in [-0.15, -0.1) is 0 Å². The number of amides is 1. The van der Waals surface area contributed by atoms with Crippen molar-refractivity contribution in [3.63, 3.8) is 0 Å². The molecule has 1 aromatic rings. The van der Waals surface area contributed by atoms with Gasteiger partial charge in [0.15, 0.2) is 11.6 Å². The van der Waals surface area contributed by atoms with Crippen LogP contribution in [0.4, 0.5) is 13.6 Å². The first-order valence-corrected chi connectivity index (χ1v) is 7.79. The minimum Gasteiger partial charge on any atom is -0.459 e. The molecule has 132 valence electrons. The molecule has 0 aliphatic carbocycles. The molecular weight excluding hydrogens is 320 g/mol. The van der Waals surface area contributed by atoms with Gasteiger partial charge >= 0.3 is 12.1 Å². The summed E-state index contributed by atoms with van der Waals surface area (Å²) < 4.78 is 36.6. The summed E-state index contributed by atoms with van der Waals surface area (Å²) in [7, 11) is 0. The number of hydrogen-bond acceptors (Lipinski definition) is 4. The molecule has 0 radical (unpaired) electrons. The van der Waals surface area contributed by atoms with Crippen molar-refractivity contribution in [1.82, 2.24) is 4.90 Å². The van der Waals surface area contributed by atoms with Crippen LogP contribution in [0.1, 0.15) is 44.0 Å². The van der Waals surface area contributed by atoms with E-state index in [1.165, 1.54) is 6.07 Å². The molecule has 1 aliphatic rings. The highest BCUT2D eigenvalue weighted by Crippen LogP contribution is 2.19. The molecule has 2 rings (SSSR count). The van der Waals surface area contributed by atoms with Gasteiger partial charge in [0.2, 0.25) is 0 Å². The van der Waals surface area contributed by atoms with Gasteiger partial charge in [-0.05, 0) is 39.0 Å². The average molecular weight is 341 g/mol. The van der Waals surface area contributed by atoms with E-state index in [2.05, 4.69) is 0 Å². The Kier molecular flexibility index (Phi) is 5.41. The van der Waals surface area contributed by atoms with E-state index in [-0.39, 0.29) is 11.7 Å². The van der Waals surface area contributed by atoms with Crippen LogP contribution in [0.25, 0.3) is 0 Å². The Bertz CT molecular complexity index is 620. The van der Waals surface area contributed by atoms with Gasteiger partial charge in [-0.3, -0.25) is 0 Å². The molecular formula is C17H21F2NO4. The lowest BCUT2D eigenvalue weighted by Crippen LogP contribution is -2.43. The van der Waals surface area contributed by atoms with Gasteiger partial charge in [-0.25, -0.2) is 18.4 Å². The normalized spacial score (nSPS) is 16.0. The van der Waals surface area contributed by atoms with Crippen molar-refractivity contribution in [2.45, 2.75) is 45.3 Å². The SMILES string of the molecule is CC(C)(C)OC(=O)N1CCC(OC(=O)c2ccc(F)c(F)c2)CC1. The average Bonchev–Trinajstić information content (AvgIpc) is 2.49. The molecule has 0 N–H and O–H groups in total. The van der Waals surface area contributed by atoms with Crippen molar-refractivity contribution < 1.29 is 27.8 Å². The molecule has 0 saturated carbocycles. The van der Waals surface area contributed by atoms with Crippen LogP contribution in [0.15, 0.2) is 18.2 Å². The summed E-state index contributed by atoms with van der Waals surface area (Å²) in [6.45, 7) is 6.19.